The molecule has 0 radical (unpaired) electrons. The van der Waals surface area contributed by atoms with Gasteiger partial charge in [-0.15, -0.1) is 0 Å². The summed E-state index contributed by atoms with van der Waals surface area (Å²) in [4.78, 5) is 14.8. The van der Waals surface area contributed by atoms with E-state index in [1.54, 1.807) is 0 Å². The highest BCUT2D eigenvalue weighted by atomic mass is 16.5. The molecule has 0 aliphatic carbocycles. The van der Waals surface area contributed by atoms with Crippen LogP contribution in [0.2, 0.25) is 0 Å². The van der Waals surface area contributed by atoms with E-state index in [0.29, 0.717) is 6.61 Å². The summed E-state index contributed by atoms with van der Waals surface area (Å²) in [6, 6.07) is 28.3. The molecule has 1 atom stereocenters. The number of esters is 1. The van der Waals surface area contributed by atoms with Gasteiger partial charge in [-0.25, -0.2) is 0 Å². The largest absolute Gasteiger partial charge is 0.465 e. The molecule has 0 aliphatic heterocycles. The maximum atomic E-state index is 12.6. The highest BCUT2D eigenvalue weighted by Crippen LogP contribution is 2.28. The second-order valence-corrected chi connectivity index (χ2v) is 6.53. The van der Waals surface area contributed by atoms with Gasteiger partial charge in [0.25, 0.3) is 0 Å². The van der Waals surface area contributed by atoms with Crippen LogP contribution in [0.15, 0.2) is 84.9 Å². The van der Waals surface area contributed by atoms with E-state index in [0.717, 1.165) is 23.4 Å². The van der Waals surface area contributed by atoms with Crippen molar-refractivity contribution >= 4 is 11.7 Å². The zero-order valence-electron chi connectivity index (χ0n) is 15.8. The monoisotopic (exact) mass is 359 g/mol. The van der Waals surface area contributed by atoms with Gasteiger partial charge < -0.3 is 9.64 Å². The van der Waals surface area contributed by atoms with Crippen molar-refractivity contribution in [2.45, 2.75) is 19.4 Å². The van der Waals surface area contributed by atoms with Crippen LogP contribution in [0.25, 0.3) is 0 Å². The zero-order chi connectivity index (χ0) is 19.1. The van der Waals surface area contributed by atoms with Crippen molar-refractivity contribution in [2.24, 2.45) is 0 Å². The third kappa shape index (κ3) is 4.76. The molecule has 0 saturated heterocycles. The molecule has 0 amide bonds. The van der Waals surface area contributed by atoms with E-state index < -0.39 is 5.92 Å². The maximum absolute atomic E-state index is 12.6. The van der Waals surface area contributed by atoms with E-state index in [-0.39, 0.29) is 5.97 Å². The highest BCUT2D eigenvalue weighted by Gasteiger charge is 2.24. The van der Waals surface area contributed by atoms with Gasteiger partial charge in [-0.05, 0) is 35.7 Å². The van der Waals surface area contributed by atoms with Gasteiger partial charge in [-0.3, -0.25) is 4.79 Å². The molecular weight excluding hydrogens is 334 g/mol. The number of rotatable bonds is 7. The summed E-state index contributed by atoms with van der Waals surface area (Å²) in [5.41, 5.74) is 4.26. The van der Waals surface area contributed by atoms with Crippen molar-refractivity contribution in [2.75, 3.05) is 18.6 Å². The summed E-state index contributed by atoms with van der Waals surface area (Å²) < 4.78 is 5.32. The molecule has 27 heavy (non-hydrogen) atoms. The number of benzene rings is 3. The molecule has 0 fully saturated rings. The summed E-state index contributed by atoms with van der Waals surface area (Å²) in [6.45, 7) is 3.04. The number of carbonyl (C=O) groups is 1. The Morgan fingerprint density at radius 3 is 2.00 bits per heavy atom. The molecule has 0 bridgehead atoms. The fourth-order valence-electron chi connectivity index (χ4n) is 3.21. The lowest BCUT2D eigenvalue weighted by Gasteiger charge is -2.21. The second-order valence-electron chi connectivity index (χ2n) is 6.53. The third-order valence-electron chi connectivity index (χ3n) is 4.58. The van der Waals surface area contributed by atoms with Crippen molar-refractivity contribution in [3.8, 4) is 0 Å². The van der Waals surface area contributed by atoms with Crippen LogP contribution < -0.4 is 4.90 Å². The van der Waals surface area contributed by atoms with Crippen LogP contribution >= 0.6 is 0 Å². The van der Waals surface area contributed by atoms with Crippen LogP contribution in [0, 0.1) is 0 Å². The van der Waals surface area contributed by atoms with Gasteiger partial charge in [-0.2, -0.15) is 0 Å². The summed E-state index contributed by atoms with van der Waals surface area (Å²) in [6.07, 6.45) is 0. The zero-order valence-corrected chi connectivity index (χ0v) is 15.8. The van der Waals surface area contributed by atoms with Crippen LogP contribution in [-0.2, 0) is 16.1 Å². The van der Waals surface area contributed by atoms with Crippen LogP contribution in [0.1, 0.15) is 29.5 Å². The van der Waals surface area contributed by atoms with Crippen molar-refractivity contribution in [3.63, 3.8) is 0 Å². The lowest BCUT2D eigenvalue weighted by molar-refractivity contribution is -0.143. The van der Waals surface area contributed by atoms with Gasteiger partial charge in [0.05, 0.1) is 6.61 Å². The first-order valence-corrected chi connectivity index (χ1v) is 9.25. The Hall–Kier alpha value is -3.07. The normalized spacial score (nSPS) is 11.6. The molecule has 0 aromatic heterocycles. The Morgan fingerprint density at radius 2 is 1.41 bits per heavy atom. The predicted molar refractivity (Wildman–Crippen MR) is 110 cm³/mol. The highest BCUT2D eigenvalue weighted by molar-refractivity contribution is 5.82. The molecule has 3 rings (SSSR count). The Bertz CT molecular complexity index is 845. The number of hydrogen-bond acceptors (Lipinski definition) is 3. The molecule has 0 saturated carbocycles. The molecule has 138 valence electrons. The quantitative estimate of drug-likeness (QED) is 0.555. The number of carbonyl (C=O) groups excluding carboxylic acids is 1. The van der Waals surface area contributed by atoms with E-state index in [4.69, 9.17) is 4.74 Å². The molecule has 0 aliphatic rings. The second kappa shape index (κ2) is 9.04. The SMILES string of the molecule is CCOC(=O)C(c1ccccc1)c1ccc(N(C)Cc2ccccc2)cc1. The van der Waals surface area contributed by atoms with Crippen molar-refractivity contribution < 1.29 is 9.53 Å². The van der Waals surface area contributed by atoms with Gasteiger partial charge >= 0.3 is 5.97 Å². The van der Waals surface area contributed by atoms with Crippen LogP contribution in [0.3, 0.4) is 0 Å². The van der Waals surface area contributed by atoms with Crippen molar-refractivity contribution in [3.05, 3.63) is 102 Å². The Labute approximate surface area is 161 Å². The molecule has 0 N–H and O–H groups in total. The number of anilines is 1. The van der Waals surface area contributed by atoms with Crippen LogP contribution in [-0.4, -0.2) is 19.6 Å². The Balaban J connectivity index is 1.81. The summed E-state index contributed by atoms with van der Waals surface area (Å²) >= 11 is 0. The molecule has 1 unspecified atom stereocenters. The van der Waals surface area contributed by atoms with Crippen molar-refractivity contribution in [1.29, 1.82) is 0 Å². The molecule has 0 heterocycles. The molecule has 0 spiro atoms. The summed E-state index contributed by atoms with van der Waals surface area (Å²) in [5, 5.41) is 0. The minimum atomic E-state index is -0.403. The van der Waals surface area contributed by atoms with Gasteiger partial charge in [0.2, 0.25) is 0 Å². The molecular formula is C24H25NO2. The molecule has 3 nitrogen and oxygen atoms in total. The van der Waals surface area contributed by atoms with Crippen LogP contribution in [0.5, 0.6) is 0 Å². The van der Waals surface area contributed by atoms with Gasteiger partial charge in [-0.1, -0.05) is 72.8 Å². The minimum absolute atomic E-state index is 0.214. The maximum Gasteiger partial charge on any atom is 0.317 e. The predicted octanol–water partition coefficient (Wildman–Crippen LogP) is 5.02. The average molecular weight is 359 g/mol. The van der Waals surface area contributed by atoms with Gasteiger partial charge in [0.15, 0.2) is 0 Å². The number of hydrogen-bond donors (Lipinski definition) is 0. The van der Waals surface area contributed by atoms with Gasteiger partial charge in [0, 0.05) is 19.3 Å². The Morgan fingerprint density at radius 1 is 0.852 bits per heavy atom. The van der Waals surface area contributed by atoms with E-state index >= 15 is 0 Å². The lowest BCUT2D eigenvalue weighted by atomic mass is 9.91. The van der Waals surface area contributed by atoms with E-state index in [2.05, 4.69) is 48.3 Å². The van der Waals surface area contributed by atoms with E-state index in [1.807, 2.05) is 55.5 Å². The number of nitrogens with zero attached hydrogens (tertiary/aromatic N) is 1. The Kier molecular flexibility index (Phi) is 6.26. The summed E-state index contributed by atoms with van der Waals surface area (Å²) in [5.74, 6) is -0.617. The van der Waals surface area contributed by atoms with Gasteiger partial charge in [0.1, 0.15) is 5.92 Å². The summed E-state index contributed by atoms with van der Waals surface area (Å²) in [7, 11) is 2.07. The fraction of sp³-hybridized carbons (Fsp3) is 0.208. The standard InChI is InChI=1S/C24H25NO2/c1-3-27-24(26)23(20-12-8-5-9-13-20)21-14-16-22(17-15-21)25(2)18-19-10-6-4-7-11-19/h4-17,23H,3,18H2,1-2H3. The van der Waals surface area contributed by atoms with E-state index in [1.165, 1.54) is 5.56 Å². The first-order valence-electron chi connectivity index (χ1n) is 9.25. The number of ether oxygens (including phenoxy) is 1. The molecule has 3 heteroatoms. The first-order chi connectivity index (χ1) is 13.2. The molecule has 3 aromatic rings. The first kappa shape index (κ1) is 18.7. The minimum Gasteiger partial charge on any atom is -0.465 e. The third-order valence-corrected chi connectivity index (χ3v) is 4.58. The fourth-order valence-corrected chi connectivity index (χ4v) is 3.21. The van der Waals surface area contributed by atoms with E-state index in [9.17, 15) is 4.79 Å². The topological polar surface area (TPSA) is 29.5 Å². The lowest BCUT2D eigenvalue weighted by Crippen LogP contribution is -2.18. The average Bonchev–Trinajstić information content (AvgIpc) is 2.70. The molecule has 3 aromatic carbocycles. The smallest absolute Gasteiger partial charge is 0.317 e. The van der Waals surface area contributed by atoms with Crippen molar-refractivity contribution in [1.82, 2.24) is 0 Å². The van der Waals surface area contributed by atoms with Crippen LogP contribution in [0.4, 0.5) is 5.69 Å².